The maximum Gasteiger partial charge on any atom is 0.243 e. The van der Waals surface area contributed by atoms with Gasteiger partial charge in [-0.3, -0.25) is 4.79 Å². The Kier molecular flexibility index (Phi) is 6.78. The van der Waals surface area contributed by atoms with Gasteiger partial charge in [-0.25, -0.2) is 12.8 Å². The van der Waals surface area contributed by atoms with Gasteiger partial charge in [0.2, 0.25) is 15.9 Å². The molecular weight excluding hydrogens is 347 g/mol. The molecule has 1 amide bonds. The minimum atomic E-state index is -3.78. The Morgan fingerprint density at radius 3 is 2.44 bits per heavy atom. The van der Waals surface area contributed by atoms with Gasteiger partial charge in [-0.15, -0.1) is 0 Å². The number of amides is 1. The molecule has 0 saturated carbocycles. The lowest BCUT2D eigenvalue weighted by Crippen LogP contribution is -2.50. The molecule has 0 spiro atoms. The molecule has 1 aromatic rings. The summed E-state index contributed by atoms with van der Waals surface area (Å²) in [6, 6.07) is 3.66. The first kappa shape index (κ1) is 19.7. The van der Waals surface area contributed by atoms with Crippen molar-refractivity contribution in [3.63, 3.8) is 0 Å². The smallest absolute Gasteiger partial charge is 0.243 e. The molecule has 140 valence electrons. The first-order chi connectivity index (χ1) is 11.9. The average molecular weight is 372 g/mol. The summed E-state index contributed by atoms with van der Waals surface area (Å²) in [6.07, 6.45) is 2.28. The van der Waals surface area contributed by atoms with E-state index in [0.29, 0.717) is 26.1 Å². The van der Waals surface area contributed by atoms with E-state index < -0.39 is 15.8 Å². The third-order valence-electron chi connectivity index (χ3n) is 4.18. The molecule has 1 saturated heterocycles. The van der Waals surface area contributed by atoms with E-state index in [1.807, 2.05) is 6.92 Å². The zero-order valence-electron chi connectivity index (χ0n) is 14.7. The molecule has 0 aromatic heterocycles. The molecule has 2 rings (SSSR count). The van der Waals surface area contributed by atoms with Gasteiger partial charge in [-0.05, 0) is 31.5 Å². The SMILES string of the molecule is CCCCC(=O)N1CCN(S(=O)(=O)c2ccc(OCC)c(F)c2)CC1. The normalized spacial score (nSPS) is 16.0. The van der Waals surface area contributed by atoms with Gasteiger partial charge in [0.05, 0.1) is 11.5 Å². The predicted molar refractivity (Wildman–Crippen MR) is 92.4 cm³/mol. The number of unbranched alkanes of at least 4 members (excludes halogenated alkanes) is 1. The zero-order valence-corrected chi connectivity index (χ0v) is 15.5. The number of ether oxygens (including phenoxy) is 1. The number of nitrogens with zero attached hydrogens (tertiary/aromatic N) is 2. The molecule has 0 atom stereocenters. The fourth-order valence-electron chi connectivity index (χ4n) is 2.73. The summed E-state index contributed by atoms with van der Waals surface area (Å²) >= 11 is 0. The number of sulfonamides is 1. The van der Waals surface area contributed by atoms with Crippen LogP contribution < -0.4 is 4.74 Å². The van der Waals surface area contributed by atoms with Crippen molar-refractivity contribution in [2.75, 3.05) is 32.8 Å². The lowest BCUT2D eigenvalue weighted by Gasteiger charge is -2.34. The molecule has 1 heterocycles. The Morgan fingerprint density at radius 2 is 1.88 bits per heavy atom. The van der Waals surface area contributed by atoms with E-state index in [-0.39, 0.29) is 29.6 Å². The van der Waals surface area contributed by atoms with Crippen molar-refractivity contribution in [3.05, 3.63) is 24.0 Å². The van der Waals surface area contributed by atoms with Crippen LogP contribution in [0.4, 0.5) is 4.39 Å². The topological polar surface area (TPSA) is 66.9 Å². The van der Waals surface area contributed by atoms with Crippen LogP contribution in [0.1, 0.15) is 33.1 Å². The van der Waals surface area contributed by atoms with E-state index in [9.17, 15) is 17.6 Å². The summed E-state index contributed by atoms with van der Waals surface area (Å²) in [5.41, 5.74) is 0. The van der Waals surface area contributed by atoms with E-state index in [0.717, 1.165) is 18.9 Å². The second-order valence-electron chi connectivity index (χ2n) is 5.91. The van der Waals surface area contributed by atoms with Crippen LogP contribution in [0.15, 0.2) is 23.1 Å². The Balaban J connectivity index is 2.04. The van der Waals surface area contributed by atoms with Crippen LogP contribution in [-0.4, -0.2) is 56.3 Å². The number of benzene rings is 1. The van der Waals surface area contributed by atoms with Crippen LogP contribution in [0.2, 0.25) is 0 Å². The Morgan fingerprint density at radius 1 is 1.20 bits per heavy atom. The predicted octanol–water partition coefficient (Wildman–Crippen LogP) is 2.25. The number of carbonyl (C=O) groups excluding carboxylic acids is 1. The highest BCUT2D eigenvalue weighted by Crippen LogP contribution is 2.24. The van der Waals surface area contributed by atoms with Crippen molar-refractivity contribution < 1.29 is 22.3 Å². The fraction of sp³-hybridized carbons (Fsp3) is 0.588. The van der Waals surface area contributed by atoms with Crippen LogP contribution in [0.3, 0.4) is 0 Å². The zero-order chi connectivity index (χ0) is 18.4. The molecule has 1 aromatic carbocycles. The van der Waals surface area contributed by atoms with Gasteiger partial charge >= 0.3 is 0 Å². The molecule has 1 aliphatic heterocycles. The number of rotatable bonds is 7. The van der Waals surface area contributed by atoms with Gasteiger partial charge in [0, 0.05) is 32.6 Å². The van der Waals surface area contributed by atoms with Crippen LogP contribution in [0.25, 0.3) is 0 Å². The van der Waals surface area contributed by atoms with Gasteiger partial charge in [0.1, 0.15) is 0 Å². The Hall–Kier alpha value is -1.67. The van der Waals surface area contributed by atoms with Gasteiger partial charge < -0.3 is 9.64 Å². The maximum atomic E-state index is 14.0. The third kappa shape index (κ3) is 4.70. The standard InChI is InChI=1S/C17H25FN2O4S/c1-3-5-6-17(21)19-9-11-20(12-10-19)25(22,23)14-7-8-16(24-4-2)15(18)13-14/h7-8,13H,3-6,9-12H2,1-2H3. The largest absolute Gasteiger partial charge is 0.491 e. The van der Waals surface area contributed by atoms with Crippen molar-refractivity contribution in [2.24, 2.45) is 0 Å². The van der Waals surface area contributed by atoms with Crippen LogP contribution in [-0.2, 0) is 14.8 Å². The first-order valence-corrected chi connectivity index (χ1v) is 10.0. The highest BCUT2D eigenvalue weighted by molar-refractivity contribution is 7.89. The molecule has 0 N–H and O–H groups in total. The van der Waals surface area contributed by atoms with Gasteiger partial charge in [-0.2, -0.15) is 4.31 Å². The van der Waals surface area contributed by atoms with E-state index in [2.05, 4.69) is 0 Å². The number of carbonyl (C=O) groups is 1. The second kappa shape index (κ2) is 8.62. The van der Waals surface area contributed by atoms with E-state index >= 15 is 0 Å². The van der Waals surface area contributed by atoms with Crippen molar-refractivity contribution in [2.45, 2.75) is 38.0 Å². The molecule has 8 heteroatoms. The molecule has 1 aliphatic rings. The molecule has 6 nitrogen and oxygen atoms in total. The number of halogens is 1. The fourth-order valence-corrected chi connectivity index (χ4v) is 4.16. The lowest BCUT2D eigenvalue weighted by molar-refractivity contribution is -0.132. The third-order valence-corrected chi connectivity index (χ3v) is 6.07. The minimum Gasteiger partial charge on any atom is -0.491 e. The number of hydrogen-bond donors (Lipinski definition) is 0. The molecule has 0 aliphatic carbocycles. The summed E-state index contributed by atoms with van der Waals surface area (Å²) in [5.74, 6) is -0.602. The van der Waals surface area contributed by atoms with Crippen molar-refractivity contribution in [1.29, 1.82) is 0 Å². The van der Waals surface area contributed by atoms with E-state index in [1.54, 1.807) is 11.8 Å². The average Bonchev–Trinajstić information content (AvgIpc) is 2.61. The lowest BCUT2D eigenvalue weighted by atomic mass is 10.2. The van der Waals surface area contributed by atoms with Gasteiger partial charge in [-0.1, -0.05) is 13.3 Å². The van der Waals surface area contributed by atoms with Gasteiger partial charge in [0.25, 0.3) is 0 Å². The molecule has 25 heavy (non-hydrogen) atoms. The van der Waals surface area contributed by atoms with E-state index in [4.69, 9.17) is 4.74 Å². The molecule has 0 unspecified atom stereocenters. The monoisotopic (exact) mass is 372 g/mol. The summed E-state index contributed by atoms with van der Waals surface area (Å²) in [6.45, 7) is 5.21. The Labute approximate surface area is 148 Å². The van der Waals surface area contributed by atoms with Crippen molar-refractivity contribution >= 4 is 15.9 Å². The second-order valence-corrected chi connectivity index (χ2v) is 7.85. The van der Waals surface area contributed by atoms with Crippen molar-refractivity contribution in [3.8, 4) is 5.75 Å². The van der Waals surface area contributed by atoms with Gasteiger partial charge in [0.15, 0.2) is 11.6 Å². The highest BCUT2D eigenvalue weighted by Gasteiger charge is 2.30. The maximum absolute atomic E-state index is 14.0. The number of hydrogen-bond acceptors (Lipinski definition) is 4. The quantitative estimate of drug-likeness (QED) is 0.736. The molecule has 0 bridgehead atoms. The first-order valence-electron chi connectivity index (χ1n) is 8.60. The Bertz CT molecular complexity index is 701. The van der Waals surface area contributed by atoms with Crippen LogP contribution in [0.5, 0.6) is 5.75 Å². The van der Waals surface area contributed by atoms with Crippen LogP contribution in [0, 0.1) is 5.82 Å². The van der Waals surface area contributed by atoms with Crippen molar-refractivity contribution in [1.82, 2.24) is 9.21 Å². The highest BCUT2D eigenvalue weighted by atomic mass is 32.2. The number of piperazine rings is 1. The summed E-state index contributed by atoms with van der Waals surface area (Å²) in [7, 11) is -3.78. The summed E-state index contributed by atoms with van der Waals surface area (Å²) in [4.78, 5) is 13.6. The molecule has 1 fully saturated rings. The molecule has 0 radical (unpaired) electrons. The summed E-state index contributed by atoms with van der Waals surface area (Å²) < 4.78 is 45.7. The molecular formula is C17H25FN2O4S. The minimum absolute atomic E-state index is 0.0350. The van der Waals surface area contributed by atoms with E-state index in [1.165, 1.54) is 16.4 Å². The summed E-state index contributed by atoms with van der Waals surface area (Å²) in [5, 5.41) is 0. The van der Waals surface area contributed by atoms with Crippen LogP contribution >= 0.6 is 0 Å².